The van der Waals surface area contributed by atoms with Gasteiger partial charge in [-0.1, -0.05) is 0 Å². The predicted molar refractivity (Wildman–Crippen MR) is 86.3 cm³/mol. The largest absolute Gasteiger partial charge is 0.337 e. The number of imidazole rings is 1. The molecule has 122 valence electrons. The Balaban J connectivity index is 1.46. The summed E-state index contributed by atoms with van der Waals surface area (Å²) < 4.78 is 4.09. The monoisotopic (exact) mass is 313 g/mol. The van der Waals surface area contributed by atoms with Crippen LogP contribution >= 0.6 is 0 Å². The van der Waals surface area contributed by atoms with Crippen molar-refractivity contribution in [1.82, 2.24) is 24.2 Å². The van der Waals surface area contributed by atoms with Gasteiger partial charge in [0.15, 0.2) is 0 Å². The molecule has 1 amide bonds. The lowest BCUT2D eigenvalue weighted by atomic mass is 10.0. The number of nitrogens with zero attached hydrogens (tertiary/aromatic N) is 5. The van der Waals surface area contributed by atoms with E-state index < -0.39 is 0 Å². The van der Waals surface area contributed by atoms with Crippen LogP contribution in [0, 0.1) is 6.92 Å². The van der Waals surface area contributed by atoms with Crippen molar-refractivity contribution in [2.75, 3.05) is 13.1 Å². The van der Waals surface area contributed by atoms with Crippen molar-refractivity contribution in [3.05, 3.63) is 35.7 Å². The highest BCUT2D eigenvalue weighted by Crippen LogP contribution is 2.41. The van der Waals surface area contributed by atoms with Crippen LogP contribution in [-0.4, -0.2) is 43.2 Å². The molecule has 0 radical (unpaired) electrons. The molecule has 6 nitrogen and oxygen atoms in total. The number of aryl methyl sites for hydroxylation is 2. The minimum absolute atomic E-state index is 0.0909. The number of rotatable bonds is 3. The van der Waals surface area contributed by atoms with Gasteiger partial charge in [0.2, 0.25) is 0 Å². The highest BCUT2D eigenvalue weighted by Gasteiger charge is 2.33. The molecule has 2 aromatic rings. The second-order valence-corrected chi connectivity index (χ2v) is 6.77. The maximum atomic E-state index is 12.6. The van der Waals surface area contributed by atoms with Crippen molar-refractivity contribution in [2.24, 2.45) is 7.05 Å². The number of carbonyl (C=O) groups is 1. The quantitative estimate of drug-likeness (QED) is 0.873. The smallest absolute Gasteiger partial charge is 0.272 e. The maximum absolute atomic E-state index is 12.6. The third kappa shape index (κ3) is 2.56. The van der Waals surface area contributed by atoms with Gasteiger partial charge in [-0.3, -0.25) is 9.48 Å². The normalized spacial score (nSPS) is 19.3. The summed E-state index contributed by atoms with van der Waals surface area (Å²) in [4.78, 5) is 19.2. The average Bonchev–Trinajstić information content (AvgIpc) is 3.21. The van der Waals surface area contributed by atoms with Crippen molar-refractivity contribution in [2.45, 2.75) is 44.6 Å². The number of carbonyl (C=O) groups excluding carboxylic acids is 1. The molecule has 1 saturated carbocycles. The van der Waals surface area contributed by atoms with E-state index in [1.54, 1.807) is 16.9 Å². The Morgan fingerprint density at radius 2 is 1.96 bits per heavy atom. The first-order chi connectivity index (χ1) is 11.1. The summed E-state index contributed by atoms with van der Waals surface area (Å²) in [6.07, 6.45) is 8.22. The lowest BCUT2D eigenvalue weighted by molar-refractivity contribution is 0.0682. The van der Waals surface area contributed by atoms with Crippen molar-refractivity contribution < 1.29 is 4.79 Å². The van der Waals surface area contributed by atoms with E-state index in [0.717, 1.165) is 25.9 Å². The molecular formula is C17H23N5O. The molecule has 0 unspecified atom stereocenters. The molecule has 2 fully saturated rings. The van der Waals surface area contributed by atoms with Gasteiger partial charge in [-0.25, -0.2) is 4.98 Å². The molecule has 3 heterocycles. The molecule has 2 aliphatic rings. The predicted octanol–water partition coefficient (Wildman–Crippen LogP) is 2.28. The van der Waals surface area contributed by atoms with E-state index in [1.807, 2.05) is 18.1 Å². The Morgan fingerprint density at radius 3 is 2.57 bits per heavy atom. The van der Waals surface area contributed by atoms with Gasteiger partial charge in [0, 0.05) is 50.2 Å². The summed E-state index contributed by atoms with van der Waals surface area (Å²) in [5.74, 6) is 2.02. The number of hydrogen-bond acceptors (Lipinski definition) is 3. The van der Waals surface area contributed by atoms with Crippen LogP contribution in [0.5, 0.6) is 0 Å². The fourth-order valence-electron chi connectivity index (χ4n) is 3.66. The summed E-state index contributed by atoms with van der Waals surface area (Å²) >= 11 is 0. The van der Waals surface area contributed by atoms with Crippen molar-refractivity contribution >= 4 is 5.91 Å². The van der Waals surface area contributed by atoms with Gasteiger partial charge in [0.25, 0.3) is 5.91 Å². The molecule has 0 bridgehead atoms. The maximum Gasteiger partial charge on any atom is 0.272 e. The van der Waals surface area contributed by atoms with E-state index in [0.29, 0.717) is 17.7 Å². The standard InChI is InChI=1S/C17H23N5O/c1-12-11-18-16(13-3-4-13)22(12)14-6-9-21(10-7-14)17(23)15-5-8-19-20(15)2/h5,8,11,13-14H,3-4,6-7,9-10H2,1-2H3. The van der Waals surface area contributed by atoms with E-state index in [1.165, 1.54) is 24.4 Å². The number of hydrogen-bond donors (Lipinski definition) is 0. The molecule has 0 aromatic carbocycles. The zero-order valence-corrected chi connectivity index (χ0v) is 13.8. The Morgan fingerprint density at radius 1 is 1.22 bits per heavy atom. The third-order valence-electron chi connectivity index (χ3n) is 5.11. The van der Waals surface area contributed by atoms with Crippen LogP contribution in [0.15, 0.2) is 18.5 Å². The SMILES string of the molecule is Cc1cnc(C2CC2)n1C1CCN(C(=O)c2ccnn2C)CC1. The molecule has 0 N–H and O–H groups in total. The van der Waals surface area contributed by atoms with Crippen LogP contribution in [-0.2, 0) is 7.05 Å². The van der Waals surface area contributed by atoms with Crippen LogP contribution in [0.2, 0.25) is 0 Å². The van der Waals surface area contributed by atoms with Gasteiger partial charge in [0.05, 0.1) is 0 Å². The van der Waals surface area contributed by atoms with Gasteiger partial charge < -0.3 is 9.47 Å². The highest BCUT2D eigenvalue weighted by atomic mass is 16.2. The van der Waals surface area contributed by atoms with E-state index in [-0.39, 0.29) is 5.91 Å². The molecule has 0 spiro atoms. The minimum atomic E-state index is 0.0909. The van der Waals surface area contributed by atoms with Crippen LogP contribution < -0.4 is 0 Å². The molecule has 6 heteroatoms. The molecule has 2 aromatic heterocycles. The molecule has 1 saturated heterocycles. The topological polar surface area (TPSA) is 56.0 Å². The lowest BCUT2D eigenvalue weighted by Crippen LogP contribution is -2.40. The minimum Gasteiger partial charge on any atom is -0.337 e. The number of likely N-dealkylation sites (tertiary alicyclic amines) is 1. The Labute approximate surface area is 136 Å². The third-order valence-corrected chi connectivity index (χ3v) is 5.11. The van der Waals surface area contributed by atoms with Gasteiger partial charge in [-0.15, -0.1) is 0 Å². The van der Waals surface area contributed by atoms with Crippen LogP contribution in [0.25, 0.3) is 0 Å². The summed E-state index contributed by atoms with van der Waals surface area (Å²) in [6, 6.07) is 2.27. The summed E-state index contributed by atoms with van der Waals surface area (Å²) in [7, 11) is 1.82. The second-order valence-electron chi connectivity index (χ2n) is 6.77. The molecule has 4 rings (SSSR count). The average molecular weight is 313 g/mol. The van der Waals surface area contributed by atoms with Crippen LogP contribution in [0.1, 0.15) is 59.6 Å². The zero-order valence-electron chi connectivity index (χ0n) is 13.8. The van der Waals surface area contributed by atoms with E-state index in [2.05, 4.69) is 21.6 Å². The van der Waals surface area contributed by atoms with Gasteiger partial charge in [-0.2, -0.15) is 5.10 Å². The van der Waals surface area contributed by atoms with E-state index >= 15 is 0 Å². The molecular weight excluding hydrogens is 290 g/mol. The molecule has 23 heavy (non-hydrogen) atoms. The molecule has 0 atom stereocenters. The number of piperidine rings is 1. The summed E-state index contributed by atoms with van der Waals surface area (Å²) in [6.45, 7) is 3.75. The highest BCUT2D eigenvalue weighted by molar-refractivity contribution is 5.92. The van der Waals surface area contributed by atoms with Crippen molar-refractivity contribution in [3.63, 3.8) is 0 Å². The first-order valence-corrected chi connectivity index (χ1v) is 8.46. The Bertz CT molecular complexity index is 719. The Hall–Kier alpha value is -2.11. The lowest BCUT2D eigenvalue weighted by Gasteiger charge is -2.34. The first-order valence-electron chi connectivity index (χ1n) is 8.46. The Kier molecular flexibility index (Phi) is 3.47. The molecule has 1 aliphatic heterocycles. The number of amides is 1. The van der Waals surface area contributed by atoms with Crippen LogP contribution in [0.4, 0.5) is 0 Å². The summed E-state index contributed by atoms with van der Waals surface area (Å²) in [5, 5.41) is 4.09. The van der Waals surface area contributed by atoms with Gasteiger partial charge in [0.1, 0.15) is 11.5 Å². The zero-order chi connectivity index (χ0) is 16.0. The first kappa shape index (κ1) is 14.5. The number of aromatic nitrogens is 4. The van der Waals surface area contributed by atoms with Gasteiger partial charge >= 0.3 is 0 Å². The van der Waals surface area contributed by atoms with Crippen molar-refractivity contribution in [1.29, 1.82) is 0 Å². The van der Waals surface area contributed by atoms with E-state index in [4.69, 9.17) is 0 Å². The summed E-state index contributed by atoms with van der Waals surface area (Å²) in [5.41, 5.74) is 1.92. The van der Waals surface area contributed by atoms with Crippen molar-refractivity contribution in [3.8, 4) is 0 Å². The van der Waals surface area contributed by atoms with E-state index in [9.17, 15) is 4.79 Å². The van der Waals surface area contributed by atoms with Gasteiger partial charge in [-0.05, 0) is 38.7 Å². The van der Waals surface area contributed by atoms with Crippen LogP contribution in [0.3, 0.4) is 0 Å². The fourth-order valence-corrected chi connectivity index (χ4v) is 3.66. The second kappa shape index (κ2) is 5.51. The molecule has 1 aliphatic carbocycles. The fraction of sp³-hybridized carbons (Fsp3) is 0.588.